The number of ether oxygens (including phenoxy) is 1. The Hall–Kier alpha value is -0.680. The maximum Gasteiger partial charge on any atom is 0.205 e. The van der Waals surface area contributed by atoms with E-state index >= 15 is 0 Å². The molecule has 1 aliphatic rings. The molecule has 1 saturated carbocycles. The number of aromatic nitrogens is 2. The highest BCUT2D eigenvalue weighted by Gasteiger charge is 2.27. The predicted molar refractivity (Wildman–Crippen MR) is 70.3 cm³/mol. The summed E-state index contributed by atoms with van der Waals surface area (Å²) in [5.41, 5.74) is 0.502. The van der Waals surface area contributed by atoms with Gasteiger partial charge in [-0.2, -0.15) is 0 Å². The summed E-state index contributed by atoms with van der Waals surface area (Å²) in [6.07, 6.45) is 5.27. The Labute approximate surface area is 107 Å². The first-order chi connectivity index (χ1) is 8.09. The first-order valence-electron chi connectivity index (χ1n) is 6.21. The Bertz CT molecular complexity index is 354. The Balaban J connectivity index is 1.75. The molecule has 0 amide bonds. The smallest absolute Gasteiger partial charge is 0.205 e. The maximum absolute atomic E-state index is 5.90. The first kappa shape index (κ1) is 12.8. The molecule has 0 aliphatic heterocycles. The largest absolute Gasteiger partial charge is 0.371 e. The molecular formula is C12H21N3OS. The molecule has 5 heteroatoms. The van der Waals surface area contributed by atoms with Crippen LogP contribution in [0.2, 0.25) is 0 Å². The van der Waals surface area contributed by atoms with E-state index in [0.717, 1.165) is 10.1 Å². The third kappa shape index (κ3) is 3.64. The van der Waals surface area contributed by atoms with Crippen molar-refractivity contribution in [1.29, 1.82) is 0 Å². The van der Waals surface area contributed by atoms with Gasteiger partial charge < -0.3 is 10.1 Å². The van der Waals surface area contributed by atoms with Gasteiger partial charge in [0.1, 0.15) is 11.6 Å². The van der Waals surface area contributed by atoms with Gasteiger partial charge in [0.25, 0.3) is 0 Å². The fraction of sp³-hybridized carbons (Fsp3) is 0.833. The lowest BCUT2D eigenvalue weighted by molar-refractivity contribution is -0.00582. The molecule has 1 aliphatic carbocycles. The zero-order chi connectivity index (χ0) is 12.3. The van der Waals surface area contributed by atoms with Crippen LogP contribution in [0.4, 0.5) is 5.13 Å². The van der Waals surface area contributed by atoms with E-state index in [1.165, 1.54) is 25.7 Å². The second kappa shape index (κ2) is 5.31. The second-order valence-electron chi connectivity index (χ2n) is 5.43. The van der Waals surface area contributed by atoms with Crippen LogP contribution >= 0.6 is 11.3 Å². The van der Waals surface area contributed by atoms with E-state index in [1.807, 2.05) is 7.05 Å². The molecule has 1 heterocycles. The van der Waals surface area contributed by atoms with Crippen LogP contribution in [0.3, 0.4) is 0 Å². The lowest BCUT2D eigenvalue weighted by atomic mass is 9.76. The minimum Gasteiger partial charge on any atom is -0.371 e. The minimum absolute atomic E-state index is 0.407. The van der Waals surface area contributed by atoms with Crippen molar-refractivity contribution >= 4 is 16.5 Å². The molecule has 0 unspecified atom stereocenters. The summed E-state index contributed by atoms with van der Waals surface area (Å²) in [6.45, 7) is 5.28. The molecule has 0 saturated heterocycles. The Kier molecular flexibility index (Phi) is 3.99. The zero-order valence-electron chi connectivity index (χ0n) is 10.8. The van der Waals surface area contributed by atoms with Crippen molar-refractivity contribution < 1.29 is 4.74 Å². The molecule has 0 spiro atoms. The summed E-state index contributed by atoms with van der Waals surface area (Å²) in [4.78, 5) is 0. The van der Waals surface area contributed by atoms with Gasteiger partial charge in [-0.15, -0.1) is 10.2 Å². The van der Waals surface area contributed by atoms with E-state index in [0.29, 0.717) is 18.1 Å². The normalized spacial score (nSPS) is 20.4. The average Bonchev–Trinajstić information content (AvgIpc) is 2.75. The average molecular weight is 255 g/mol. The van der Waals surface area contributed by atoms with Crippen LogP contribution in [-0.2, 0) is 11.3 Å². The third-order valence-electron chi connectivity index (χ3n) is 3.41. The van der Waals surface area contributed by atoms with Crippen LogP contribution in [0.5, 0.6) is 0 Å². The number of hydrogen-bond donors (Lipinski definition) is 1. The fourth-order valence-electron chi connectivity index (χ4n) is 2.14. The lowest BCUT2D eigenvalue weighted by Gasteiger charge is -2.33. The van der Waals surface area contributed by atoms with Crippen LogP contribution in [0.25, 0.3) is 0 Å². The van der Waals surface area contributed by atoms with Gasteiger partial charge >= 0.3 is 0 Å². The molecule has 96 valence electrons. The topological polar surface area (TPSA) is 47.0 Å². The van der Waals surface area contributed by atoms with Crippen molar-refractivity contribution in [1.82, 2.24) is 10.2 Å². The molecule has 1 fully saturated rings. The summed E-state index contributed by atoms with van der Waals surface area (Å²) in [5, 5.41) is 12.9. The molecule has 1 aromatic rings. The highest BCUT2D eigenvalue weighted by molar-refractivity contribution is 7.15. The van der Waals surface area contributed by atoms with Crippen molar-refractivity contribution in [3.8, 4) is 0 Å². The molecule has 0 aromatic carbocycles. The van der Waals surface area contributed by atoms with Crippen LogP contribution < -0.4 is 5.32 Å². The van der Waals surface area contributed by atoms with Gasteiger partial charge in [0.05, 0.1) is 6.10 Å². The van der Waals surface area contributed by atoms with Gasteiger partial charge in [-0.25, -0.2) is 0 Å². The predicted octanol–water partition coefficient (Wildman–Crippen LogP) is 3.07. The Morgan fingerprint density at radius 2 is 2.06 bits per heavy atom. The Morgan fingerprint density at radius 3 is 2.65 bits per heavy atom. The van der Waals surface area contributed by atoms with Crippen molar-refractivity contribution in [3.63, 3.8) is 0 Å². The second-order valence-corrected chi connectivity index (χ2v) is 6.49. The van der Waals surface area contributed by atoms with Crippen molar-refractivity contribution in [2.75, 3.05) is 12.4 Å². The highest BCUT2D eigenvalue weighted by Crippen LogP contribution is 2.36. The number of rotatable bonds is 4. The number of anilines is 1. The SMILES string of the molecule is CNc1nnc(COC2CCC(C)(C)CC2)s1. The number of nitrogens with one attached hydrogen (secondary N) is 1. The molecule has 4 nitrogen and oxygen atoms in total. The summed E-state index contributed by atoms with van der Waals surface area (Å²) < 4.78 is 5.90. The minimum atomic E-state index is 0.407. The molecule has 0 atom stereocenters. The van der Waals surface area contributed by atoms with Crippen LogP contribution in [0.1, 0.15) is 44.5 Å². The van der Waals surface area contributed by atoms with Crippen molar-refractivity contribution in [3.05, 3.63) is 5.01 Å². The quantitative estimate of drug-likeness (QED) is 0.898. The molecule has 1 N–H and O–H groups in total. The van der Waals surface area contributed by atoms with E-state index in [-0.39, 0.29) is 0 Å². The van der Waals surface area contributed by atoms with Crippen LogP contribution in [0.15, 0.2) is 0 Å². The lowest BCUT2D eigenvalue weighted by Crippen LogP contribution is -2.26. The molecule has 17 heavy (non-hydrogen) atoms. The summed E-state index contributed by atoms with van der Waals surface area (Å²) in [5.74, 6) is 0. The highest BCUT2D eigenvalue weighted by atomic mass is 32.1. The molecule has 1 aromatic heterocycles. The van der Waals surface area contributed by atoms with Gasteiger partial charge in [0, 0.05) is 7.05 Å². The van der Waals surface area contributed by atoms with Gasteiger partial charge in [-0.05, 0) is 31.1 Å². The summed E-state index contributed by atoms with van der Waals surface area (Å²) in [6, 6.07) is 0. The maximum atomic E-state index is 5.90. The van der Waals surface area contributed by atoms with E-state index < -0.39 is 0 Å². The number of hydrogen-bond acceptors (Lipinski definition) is 5. The summed E-state index contributed by atoms with van der Waals surface area (Å²) in [7, 11) is 1.86. The van der Waals surface area contributed by atoms with E-state index in [4.69, 9.17) is 4.74 Å². The van der Waals surface area contributed by atoms with Gasteiger partial charge in [-0.3, -0.25) is 0 Å². The van der Waals surface area contributed by atoms with Gasteiger partial charge in [0.2, 0.25) is 5.13 Å². The number of nitrogens with zero attached hydrogens (tertiary/aromatic N) is 2. The van der Waals surface area contributed by atoms with Gasteiger partial charge in [-0.1, -0.05) is 25.2 Å². The monoisotopic (exact) mass is 255 g/mol. The Morgan fingerprint density at radius 1 is 1.35 bits per heavy atom. The first-order valence-corrected chi connectivity index (χ1v) is 7.02. The third-order valence-corrected chi connectivity index (χ3v) is 4.32. The van der Waals surface area contributed by atoms with Gasteiger partial charge in [0.15, 0.2) is 0 Å². The van der Waals surface area contributed by atoms with Crippen LogP contribution in [0, 0.1) is 5.41 Å². The van der Waals surface area contributed by atoms with E-state index in [9.17, 15) is 0 Å². The van der Waals surface area contributed by atoms with E-state index in [1.54, 1.807) is 11.3 Å². The van der Waals surface area contributed by atoms with E-state index in [2.05, 4.69) is 29.4 Å². The molecule has 2 rings (SSSR count). The fourth-order valence-corrected chi connectivity index (χ4v) is 2.76. The molecular weight excluding hydrogens is 234 g/mol. The molecule has 0 bridgehead atoms. The van der Waals surface area contributed by atoms with Crippen molar-refractivity contribution in [2.24, 2.45) is 5.41 Å². The zero-order valence-corrected chi connectivity index (χ0v) is 11.6. The van der Waals surface area contributed by atoms with Crippen molar-refractivity contribution in [2.45, 2.75) is 52.2 Å². The standard InChI is InChI=1S/C12H21N3OS/c1-12(2)6-4-9(5-7-12)16-8-10-14-15-11(13-3)17-10/h9H,4-8H2,1-3H3,(H,13,15). The summed E-state index contributed by atoms with van der Waals surface area (Å²) >= 11 is 1.56. The molecule has 0 radical (unpaired) electrons. The van der Waals surface area contributed by atoms with Crippen LogP contribution in [-0.4, -0.2) is 23.3 Å².